The number of hydrogen-bond acceptors (Lipinski definition) is 6. The topological polar surface area (TPSA) is 90.6 Å². The Morgan fingerprint density at radius 3 is 2.67 bits per heavy atom. The molecule has 0 saturated carbocycles. The third kappa shape index (κ3) is 4.87. The summed E-state index contributed by atoms with van der Waals surface area (Å²) in [5.41, 5.74) is 8.65. The van der Waals surface area contributed by atoms with E-state index in [0.717, 1.165) is 41.6 Å². The maximum Gasteiger partial charge on any atom is 0.417 e. The van der Waals surface area contributed by atoms with Crippen molar-refractivity contribution >= 4 is 22.6 Å². The summed E-state index contributed by atoms with van der Waals surface area (Å²) in [5, 5.41) is 0.813. The number of carbonyl (C=O) groups excluding carboxylic acids is 1. The third-order valence-corrected chi connectivity index (χ3v) is 6.91. The summed E-state index contributed by atoms with van der Waals surface area (Å²) in [6, 6.07) is 7.61. The zero-order valence-electron chi connectivity index (χ0n) is 19.8. The number of halogens is 3. The lowest BCUT2D eigenvalue weighted by molar-refractivity contribution is -0.137. The Labute approximate surface area is 206 Å². The molecule has 5 rings (SSSR count). The molecule has 1 saturated heterocycles. The van der Waals surface area contributed by atoms with Crippen molar-refractivity contribution in [2.45, 2.75) is 45.2 Å². The van der Waals surface area contributed by atoms with Crippen molar-refractivity contribution < 1.29 is 27.4 Å². The van der Waals surface area contributed by atoms with Gasteiger partial charge < -0.3 is 20.1 Å². The molecule has 10 heteroatoms. The molecule has 1 amide bonds. The molecule has 2 aliphatic heterocycles. The number of anilines is 1. The van der Waals surface area contributed by atoms with Crippen molar-refractivity contribution in [1.82, 2.24) is 14.9 Å². The minimum absolute atomic E-state index is 0.102. The van der Waals surface area contributed by atoms with Crippen molar-refractivity contribution in [3.63, 3.8) is 0 Å². The highest BCUT2D eigenvalue weighted by Crippen LogP contribution is 2.38. The number of fused-ring (bicyclic) bond motifs is 3. The molecule has 0 aliphatic carbocycles. The lowest BCUT2D eigenvalue weighted by atomic mass is 9.98. The molecule has 0 radical (unpaired) electrons. The molecule has 190 valence electrons. The van der Waals surface area contributed by atoms with Crippen LogP contribution in [0.25, 0.3) is 10.9 Å². The number of benzene rings is 1. The van der Waals surface area contributed by atoms with Crippen molar-refractivity contribution in [2.24, 2.45) is 5.92 Å². The molecule has 2 aromatic heterocycles. The number of nitrogens with two attached hydrogens (primary N) is 1. The van der Waals surface area contributed by atoms with Crippen LogP contribution in [0.5, 0.6) is 0 Å². The fourth-order valence-corrected chi connectivity index (χ4v) is 4.92. The van der Waals surface area contributed by atoms with E-state index in [0.29, 0.717) is 49.0 Å². The zero-order chi connectivity index (χ0) is 25.4. The van der Waals surface area contributed by atoms with Crippen molar-refractivity contribution in [3.05, 3.63) is 64.5 Å². The van der Waals surface area contributed by atoms with Gasteiger partial charge in [0.1, 0.15) is 5.82 Å². The zero-order valence-corrected chi connectivity index (χ0v) is 19.8. The van der Waals surface area contributed by atoms with Crippen LogP contribution in [0, 0.1) is 5.92 Å². The van der Waals surface area contributed by atoms with Crippen LogP contribution < -0.4 is 5.73 Å². The molecule has 36 heavy (non-hydrogen) atoms. The maximum atomic E-state index is 13.7. The Morgan fingerprint density at radius 2 is 1.97 bits per heavy atom. The van der Waals surface area contributed by atoms with Crippen LogP contribution in [0.15, 0.2) is 36.5 Å². The first-order valence-electron chi connectivity index (χ1n) is 11.9. The van der Waals surface area contributed by atoms with Gasteiger partial charge in [0.05, 0.1) is 36.0 Å². The van der Waals surface area contributed by atoms with Gasteiger partial charge in [-0.2, -0.15) is 13.2 Å². The SMILES string of the molecule is CC1OCc2c1c(N)nc1ccc(C(=O)N(Cc3ccc(C(F)(F)F)cn3)CC3CCOCC3)cc21. The van der Waals surface area contributed by atoms with Crippen LogP contribution in [0.1, 0.15) is 58.6 Å². The van der Waals surface area contributed by atoms with Gasteiger partial charge in [-0.05, 0) is 61.6 Å². The van der Waals surface area contributed by atoms with Crippen molar-refractivity contribution in [3.8, 4) is 0 Å². The lowest BCUT2D eigenvalue weighted by Gasteiger charge is -2.30. The number of rotatable bonds is 5. The first-order valence-corrected chi connectivity index (χ1v) is 11.9. The summed E-state index contributed by atoms with van der Waals surface area (Å²) in [5.74, 6) is 0.441. The Morgan fingerprint density at radius 1 is 1.19 bits per heavy atom. The summed E-state index contributed by atoms with van der Waals surface area (Å²) in [7, 11) is 0. The van der Waals surface area contributed by atoms with Gasteiger partial charge >= 0.3 is 6.18 Å². The van der Waals surface area contributed by atoms with Gasteiger partial charge in [-0.15, -0.1) is 0 Å². The Balaban J connectivity index is 1.46. The Bertz CT molecular complexity index is 1270. The van der Waals surface area contributed by atoms with E-state index >= 15 is 0 Å². The molecule has 4 heterocycles. The number of alkyl halides is 3. The largest absolute Gasteiger partial charge is 0.417 e. The Hall–Kier alpha value is -3.24. The second-order valence-corrected chi connectivity index (χ2v) is 9.35. The fourth-order valence-electron chi connectivity index (χ4n) is 4.92. The van der Waals surface area contributed by atoms with Gasteiger partial charge in [0.2, 0.25) is 0 Å². The number of amides is 1. The quantitative estimate of drug-likeness (QED) is 0.537. The molecule has 1 aromatic carbocycles. The molecule has 2 N–H and O–H groups in total. The molecular weight excluding hydrogens is 473 g/mol. The minimum Gasteiger partial charge on any atom is -0.383 e. The van der Waals surface area contributed by atoms with E-state index in [2.05, 4.69) is 9.97 Å². The predicted octanol–water partition coefficient (Wildman–Crippen LogP) is 4.89. The standard InChI is InChI=1S/C26H27F3N4O3/c1-15-23-21(14-36-15)20-10-17(2-5-22(20)32-24(23)30)25(34)33(12-16-6-8-35-9-7-16)13-19-4-3-18(11-31-19)26(27,28)29/h2-5,10-11,15-16H,6-9,12-14H2,1H3,(H2,30,32). The van der Waals surface area contributed by atoms with E-state index in [1.807, 2.05) is 13.0 Å². The summed E-state index contributed by atoms with van der Waals surface area (Å²) in [4.78, 5) is 23.9. The number of nitrogen functional groups attached to an aromatic ring is 1. The maximum absolute atomic E-state index is 13.7. The molecule has 1 fully saturated rings. The monoisotopic (exact) mass is 500 g/mol. The van der Waals surface area contributed by atoms with Gasteiger partial charge in [-0.3, -0.25) is 9.78 Å². The fraction of sp³-hybridized carbons (Fsp3) is 0.423. The molecule has 0 bridgehead atoms. The number of nitrogens with zero attached hydrogens (tertiary/aromatic N) is 3. The minimum atomic E-state index is -4.47. The van der Waals surface area contributed by atoms with Gasteiger partial charge in [0.25, 0.3) is 5.91 Å². The van der Waals surface area contributed by atoms with Gasteiger partial charge in [0.15, 0.2) is 0 Å². The van der Waals surface area contributed by atoms with Crippen LogP contribution >= 0.6 is 0 Å². The normalized spacial score (nSPS) is 18.4. The highest BCUT2D eigenvalue weighted by Gasteiger charge is 2.31. The van der Waals surface area contributed by atoms with Crippen LogP contribution in [0.2, 0.25) is 0 Å². The van der Waals surface area contributed by atoms with Crippen LogP contribution in [-0.2, 0) is 28.8 Å². The first-order chi connectivity index (χ1) is 17.2. The number of hydrogen-bond donors (Lipinski definition) is 1. The van der Waals surface area contributed by atoms with Gasteiger partial charge in [-0.1, -0.05) is 0 Å². The third-order valence-electron chi connectivity index (χ3n) is 6.91. The second kappa shape index (κ2) is 9.67. The molecule has 7 nitrogen and oxygen atoms in total. The molecule has 0 spiro atoms. The molecule has 1 atom stereocenters. The average Bonchev–Trinajstić information content (AvgIpc) is 3.26. The highest BCUT2D eigenvalue weighted by molar-refractivity contribution is 5.99. The molecule has 3 aromatic rings. The molecular formula is C26H27F3N4O3. The van der Waals surface area contributed by atoms with E-state index < -0.39 is 11.7 Å². The van der Waals surface area contributed by atoms with Crippen LogP contribution in [0.3, 0.4) is 0 Å². The molecule has 1 unspecified atom stereocenters. The van der Waals surface area contributed by atoms with Crippen LogP contribution in [0.4, 0.5) is 19.0 Å². The smallest absolute Gasteiger partial charge is 0.383 e. The highest BCUT2D eigenvalue weighted by atomic mass is 19.4. The Kier molecular flexibility index (Phi) is 6.57. The summed E-state index contributed by atoms with van der Waals surface area (Å²) in [6.07, 6.45) is -2.20. The van der Waals surface area contributed by atoms with E-state index in [4.69, 9.17) is 15.2 Å². The van der Waals surface area contributed by atoms with Gasteiger partial charge in [0, 0.05) is 42.5 Å². The second-order valence-electron chi connectivity index (χ2n) is 9.35. The summed E-state index contributed by atoms with van der Waals surface area (Å²) in [6.45, 7) is 4.11. The number of carbonyl (C=O) groups is 1. The molecule has 2 aliphatic rings. The van der Waals surface area contributed by atoms with Crippen LogP contribution in [-0.4, -0.2) is 40.5 Å². The number of aromatic nitrogens is 2. The summed E-state index contributed by atoms with van der Waals surface area (Å²) < 4.78 is 50.1. The number of ether oxygens (including phenoxy) is 2. The van der Waals surface area contributed by atoms with E-state index in [9.17, 15) is 18.0 Å². The van der Waals surface area contributed by atoms with E-state index in [1.165, 1.54) is 6.07 Å². The average molecular weight is 501 g/mol. The van der Waals surface area contributed by atoms with Gasteiger partial charge in [-0.25, -0.2) is 4.98 Å². The van der Waals surface area contributed by atoms with Crippen molar-refractivity contribution in [1.29, 1.82) is 0 Å². The summed E-state index contributed by atoms with van der Waals surface area (Å²) >= 11 is 0. The van der Waals surface area contributed by atoms with E-state index in [-0.39, 0.29) is 24.5 Å². The van der Waals surface area contributed by atoms with E-state index in [1.54, 1.807) is 17.0 Å². The van der Waals surface area contributed by atoms with Crippen molar-refractivity contribution in [2.75, 3.05) is 25.5 Å². The first kappa shape index (κ1) is 24.5. The lowest BCUT2D eigenvalue weighted by Crippen LogP contribution is -2.37. The number of pyridine rings is 2. The predicted molar refractivity (Wildman–Crippen MR) is 127 cm³/mol.